The Kier molecular flexibility index (Phi) is 16.8. The molecule has 0 N–H and O–H groups in total. The Balaban J connectivity index is 0. The van der Waals surface area contributed by atoms with Crippen LogP contribution >= 0.6 is 15.2 Å². The minimum atomic E-state index is -4.27. The summed E-state index contributed by atoms with van der Waals surface area (Å²) in [6, 6.07) is 0. The number of carbonyl (C=O) groups excluding carboxylic acids is 1. The Morgan fingerprint density at radius 1 is 0.857 bits per heavy atom. The number of hydrogen-bond acceptors (Lipinski definition) is 10. The quantitative estimate of drug-likeness (QED) is 0.0891. The van der Waals surface area contributed by atoms with E-state index in [9.17, 15) is 19.0 Å². The molecule has 0 aliphatic heterocycles. The molecule has 0 bridgehead atoms. The summed E-state index contributed by atoms with van der Waals surface area (Å²) in [5.41, 5.74) is -0.787. The summed E-state index contributed by atoms with van der Waals surface area (Å²) in [7, 11) is -6.25. The molecule has 13 heteroatoms. The SMILES string of the molecule is CCOP(=O)(/C=C(\C(C(=O)OC)=C([O-])OC)P(=O)(OCC)OCC)OCC.[K+]. The van der Waals surface area contributed by atoms with Crippen molar-refractivity contribution in [3.63, 3.8) is 0 Å². The summed E-state index contributed by atoms with van der Waals surface area (Å²) < 4.78 is 56.1. The number of ether oxygens (including phenoxy) is 2. The van der Waals surface area contributed by atoms with Gasteiger partial charge in [0.25, 0.3) is 0 Å². The molecule has 0 saturated heterocycles. The zero-order chi connectivity index (χ0) is 21.1. The van der Waals surface area contributed by atoms with Crippen molar-refractivity contribution in [2.24, 2.45) is 0 Å². The molecule has 0 heterocycles. The molecule has 0 aliphatic rings. The van der Waals surface area contributed by atoms with Crippen LogP contribution in [0.25, 0.3) is 0 Å². The molecule has 0 atom stereocenters. The fraction of sp³-hybridized carbons (Fsp3) is 0.667. The minimum absolute atomic E-state index is 0. The van der Waals surface area contributed by atoms with Crippen molar-refractivity contribution < 1.29 is 98.0 Å². The molecule has 0 rings (SSSR count). The number of rotatable bonds is 13. The third-order valence-electron chi connectivity index (χ3n) is 2.83. The van der Waals surface area contributed by atoms with E-state index in [0.29, 0.717) is 0 Å². The van der Waals surface area contributed by atoms with E-state index in [2.05, 4.69) is 9.47 Å². The van der Waals surface area contributed by atoms with E-state index in [1.807, 2.05) is 0 Å². The van der Waals surface area contributed by atoms with Gasteiger partial charge in [0.2, 0.25) is 0 Å². The molecule has 0 spiro atoms. The number of methoxy groups -OCH3 is 2. The molecule has 0 fully saturated rings. The van der Waals surface area contributed by atoms with Gasteiger partial charge in [0.1, 0.15) is 0 Å². The van der Waals surface area contributed by atoms with E-state index in [-0.39, 0.29) is 77.8 Å². The second kappa shape index (κ2) is 15.3. The fourth-order valence-corrected chi connectivity index (χ4v) is 5.76. The van der Waals surface area contributed by atoms with Gasteiger partial charge >= 0.3 is 72.5 Å². The standard InChI is InChI=1S/C15H28O10P2.K/c1-7-22-26(18,23-8-2)11-12(27(19,24-9-3)25-10-4)13(14(16)20-5)15(17)21-6;/h11,16H,7-10H2,1-6H3;/q;+1/p-1/b12-11+,14-13?;. The van der Waals surface area contributed by atoms with Gasteiger partial charge in [-0.2, -0.15) is 0 Å². The van der Waals surface area contributed by atoms with Gasteiger partial charge in [0, 0.05) is 5.82 Å². The summed E-state index contributed by atoms with van der Waals surface area (Å²) in [5, 5.41) is 11.6. The van der Waals surface area contributed by atoms with Crippen molar-refractivity contribution >= 4 is 21.2 Å². The maximum Gasteiger partial charge on any atom is 1.00 e. The zero-order valence-electron chi connectivity index (χ0n) is 17.4. The molecule has 158 valence electrons. The first kappa shape index (κ1) is 30.7. The van der Waals surface area contributed by atoms with Gasteiger partial charge in [0.15, 0.2) is 0 Å². The van der Waals surface area contributed by atoms with Gasteiger partial charge in [-0.1, -0.05) is 0 Å². The normalized spacial score (nSPS) is 13.4. The Labute approximate surface area is 208 Å². The molecule has 0 unspecified atom stereocenters. The minimum Gasteiger partial charge on any atom is -0.616 e. The number of hydrogen-bond donors (Lipinski definition) is 0. The van der Waals surface area contributed by atoms with Gasteiger partial charge in [-0.25, -0.2) is 4.79 Å². The topological polar surface area (TPSA) is 130 Å². The third-order valence-corrected chi connectivity index (χ3v) is 6.98. The van der Waals surface area contributed by atoms with Crippen molar-refractivity contribution in [1.82, 2.24) is 0 Å². The molecule has 0 aromatic carbocycles. The summed E-state index contributed by atoms with van der Waals surface area (Å²) >= 11 is 0. The van der Waals surface area contributed by atoms with E-state index in [1.54, 1.807) is 13.8 Å². The molecular formula is C15H27KO10P2. The predicted octanol–water partition coefficient (Wildman–Crippen LogP) is -0.245. The van der Waals surface area contributed by atoms with Crippen LogP contribution in [0.4, 0.5) is 0 Å². The summed E-state index contributed by atoms with van der Waals surface area (Å²) in [4.78, 5) is 12.2. The number of esters is 1. The number of carbonyl (C=O) groups is 1. The average molecular weight is 468 g/mol. The molecule has 0 radical (unpaired) electrons. The molecule has 0 aliphatic carbocycles. The molecule has 0 aromatic heterocycles. The first-order valence-electron chi connectivity index (χ1n) is 8.23. The van der Waals surface area contributed by atoms with Crippen LogP contribution in [-0.4, -0.2) is 46.6 Å². The van der Waals surface area contributed by atoms with Crippen molar-refractivity contribution in [1.29, 1.82) is 0 Å². The Morgan fingerprint density at radius 2 is 1.29 bits per heavy atom. The van der Waals surface area contributed by atoms with E-state index in [4.69, 9.17) is 18.1 Å². The van der Waals surface area contributed by atoms with Gasteiger partial charge in [0.05, 0.1) is 50.4 Å². The summed E-state index contributed by atoms with van der Waals surface area (Å²) in [6.07, 6.45) is 0. The Bertz CT molecular complexity index is 627. The summed E-state index contributed by atoms with van der Waals surface area (Å²) in [6.45, 7) is 5.99. The monoisotopic (exact) mass is 468 g/mol. The van der Waals surface area contributed by atoms with Crippen LogP contribution in [0.15, 0.2) is 22.6 Å². The maximum absolute atomic E-state index is 13.3. The van der Waals surface area contributed by atoms with E-state index in [1.165, 1.54) is 13.8 Å². The van der Waals surface area contributed by atoms with Crippen LogP contribution in [0.5, 0.6) is 0 Å². The van der Waals surface area contributed by atoms with Crippen LogP contribution in [-0.2, 0) is 41.5 Å². The second-order valence-electron chi connectivity index (χ2n) is 4.58. The molecule has 0 aromatic rings. The molecule has 0 saturated carbocycles. The second-order valence-corrected chi connectivity index (χ2v) is 8.43. The molecule has 0 amide bonds. The van der Waals surface area contributed by atoms with Gasteiger partial charge in [-0.15, -0.1) is 0 Å². The smallest absolute Gasteiger partial charge is 0.616 e. The summed E-state index contributed by atoms with van der Waals surface area (Å²) in [5.74, 6) is -1.56. The Hall–Kier alpha value is 0.486. The van der Waals surface area contributed by atoms with Crippen molar-refractivity contribution in [3.05, 3.63) is 22.6 Å². The zero-order valence-corrected chi connectivity index (χ0v) is 22.3. The molecule has 10 nitrogen and oxygen atoms in total. The van der Waals surface area contributed by atoms with Gasteiger partial charge in [-0.05, 0) is 34.8 Å². The average Bonchev–Trinajstić information content (AvgIpc) is 2.61. The fourth-order valence-electron chi connectivity index (χ4n) is 1.91. The van der Waals surface area contributed by atoms with E-state index in [0.717, 1.165) is 20.0 Å². The third kappa shape index (κ3) is 9.10. The van der Waals surface area contributed by atoms with Gasteiger partial charge < -0.3 is 32.7 Å². The van der Waals surface area contributed by atoms with Crippen LogP contribution in [0, 0.1) is 0 Å². The molecule has 28 heavy (non-hydrogen) atoms. The largest absolute Gasteiger partial charge is 1.00 e. The van der Waals surface area contributed by atoms with Crippen LogP contribution in [0.1, 0.15) is 27.7 Å². The predicted molar refractivity (Wildman–Crippen MR) is 95.9 cm³/mol. The van der Waals surface area contributed by atoms with E-state index >= 15 is 0 Å². The van der Waals surface area contributed by atoms with Crippen LogP contribution < -0.4 is 56.5 Å². The first-order chi connectivity index (χ1) is 12.7. The molecular weight excluding hydrogens is 441 g/mol. The van der Waals surface area contributed by atoms with Crippen molar-refractivity contribution in [2.45, 2.75) is 27.7 Å². The van der Waals surface area contributed by atoms with Crippen molar-refractivity contribution in [2.75, 3.05) is 40.6 Å². The van der Waals surface area contributed by atoms with Crippen LogP contribution in [0.2, 0.25) is 0 Å². The van der Waals surface area contributed by atoms with Crippen LogP contribution in [0.3, 0.4) is 0 Å². The van der Waals surface area contributed by atoms with Crippen molar-refractivity contribution in [3.8, 4) is 0 Å². The van der Waals surface area contributed by atoms with E-state index < -0.39 is 38.0 Å². The Morgan fingerprint density at radius 3 is 1.61 bits per heavy atom. The first-order valence-corrected chi connectivity index (χ1v) is 11.4. The maximum atomic E-state index is 13.3. The van der Waals surface area contributed by atoms with Gasteiger partial charge in [-0.3, -0.25) is 9.13 Å².